The van der Waals surface area contributed by atoms with E-state index < -0.39 is 23.3 Å². The Morgan fingerprint density at radius 2 is 1.90 bits per heavy atom. The topological polar surface area (TPSA) is 101 Å². The molecule has 29 heavy (non-hydrogen) atoms. The number of carbonyl (C=O) groups excluding carboxylic acids is 2. The molecule has 1 heterocycles. The van der Waals surface area contributed by atoms with Gasteiger partial charge in [-0.15, -0.1) is 11.3 Å². The molecule has 166 valence electrons. The number of carbonyl (C=O) groups is 2. The number of thiazole rings is 1. The van der Waals surface area contributed by atoms with E-state index in [9.17, 15) is 14.7 Å². The van der Waals surface area contributed by atoms with Crippen LogP contribution in [-0.2, 0) is 9.53 Å². The van der Waals surface area contributed by atoms with Gasteiger partial charge in [-0.05, 0) is 66.2 Å². The molecule has 0 radical (unpaired) electrons. The molecule has 8 heteroatoms. The molecule has 3 N–H and O–H groups in total. The third-order valence-corrected chi connectivity index (χ3v) is 5.39. The summed E-state index contributed by atoms with van der Waals surface area (Å²) in [5.74, 6) is 0.000113. The molecule has 2 amide bonds. The lowest BCUT2D eigenvalue weighted by Gasteiger charge is -2.22. The smallest absolute Gasteiger partial charge is 0.408 e. The van der Waals surface area contributed by atoms with Gasteiger partial charge in [-0.2, -0.15) is 0 Å². The molecule has 1 aromatic heterocycles. The first-order valence-corrected chi connectivity index (χ1v) is 11.1. The van der Waals surface area contributed by atoms with Crippen LogP contribution in [0.3, 0.4) is 0 Å². The number of amides is 2. The van der Waals surface area contributed by atoms with Crippen LogP contribution in [0.4, 0.5) is 9.93 Å². The van der Waals surface area contributed by atoms with E-state index in [0.717, 1.165) is 30.6 Å². The molecular formula is C21H37N3O4S. The second kappa shape index (κ2) is 10.9. The molecule has 0 aliphatic heterocycles. The van der Waals surface area contributed by atoms with Crippen LogP contribution in [0, 0.1) is 0 Å². The average molecular weight is 428 g/mol. The minimum absolute atomic E-state index is 0.298. The van der Waals surface area contributed by atoms with Crippen LogP contribution in [0.15, 0.2) is 6.20 Å². The van der Waals surface area contributed by atoms with E-state index >= 15 is 0 Å². The van der Waals surface area contributed by atoms with Crippen LogP contribution in [0.5, 0.6) is 0 Å². The van der Waals surface area contributed by atoms with Gasteiger partial charge in [-0.1, -0.05) is 20.3 Å². The molecule has 1 rings (SSSR count). The van der Waals surface area contributed by atoms with E-state index in [4.69, 9.17) is 4.74 Å². The second-order valence-electron chi connectivity index (χ2n) is 9.15. The van der Waals surface area contributed by atoms with Crippen molar-refractivity contribution in [3.63, 3.8) is 0 Å². The fraction of sp³-hybridized carbons (Fsp3) is 0.762. The Kier molecular flexibility index (Phi) is 9.55. The summed E-state index contributed by atoms with van der Waals surface area (Å²) in [5.41, 5.74) is -1.27. The zero-order valence-corrected chi connectivity index (χ0v) is 19.6. The van der Waals surface area contributed by atoms with Gasteiger partial charge in [0, 0.05) is 11.1 Å². The number of aliphatic hydroxyl groups is 1. The third-order valence-electron chi connectivity index (χ3n) is 4.25. The minimum Gasteiger partial charge on any atom is -0.444 e. The molecule has 1 aromatic rings. The van der Waals surface area contributed by atoms with Crippen molar-refractivity contribution in [2.24, 2.45) is 0 Å². The third kappa shape index (κ3) is 10.6. The van der Waals surface area contributed by atoms with Crippen LogP contribution in [0.2, 0.25) is 0 Å². The first-order chi connectivity index (χ1) is 13.3. The van der Waals surface area contributed by atoms with E-state index in [1.54, 1.807) is 27.0 Å². The van der Waals surface area contributed by atoms with Crippen molar-refractivity contribution in [2.45, 2.75) is 104 Å². The summed E-state index contributed by atoms with van der Waals surface area (Å²) >= 11 is 1.44. The maximum absolute atomic E-state index is 12.6. The largest absolute Gasteiger partial charge is 0.444 e. The van der Waals surface area contributed by atoms with Crippen molar-refractivity contribution >= 4 is 28.5 Å². The lowest BCUT2D eigenvalue weighted by atomic mass is 9.96. The van der Waals surface area contributed by atoms with Crippen molar-refractivity contribution in [3.05, 3.63) is 11.1 Å². The standard InChI is InChI=1S/C21H37N3O4S/c1-8-10-15(23-19(26)28-20(3,4)5)17(25)24-18-22-13-16(29-18)14(2)11-9-12-21(6,7)27/h13-15,27H,8-12H2,1-7H3,(H,23,26)(H,22,24,25). The first-order valence-electron chi connectivity index (χ1n) is 10.3. The molecule has 2 unspecified atom stereocenters. The van der Waals surface area contributed by atoms with Crippen LogP contribution in [0.1, 0.15) is 91.4 Å². The van der Waals surface area contributed by atoms with Gasteiger partial charge in [0.05, 0.1) is 5.60 Å². The van der Waals surface area contributed by atoms with Gasteiger partial charge >= 0.3 is 6.09 Å². The molecule has 2 atom stereocenters. The molecule has 7 nitrogen and oxygen atoms in total. The Hall–Kier alpha value is -1.67. The maximum Gasteiger partial charge on any atom is 0.408 e. The predicted octanol–water partition coefficient (Wildman–Crippen LogP) is 4.82. The summed E-state index contributed by atoms with van der Waals surface area (Å²) in [4.78, 5) is 30.0. The molecule has 0 spiro atoms. The SMILES string of the molecule is CCCC(NC(=O)OC(C)(C)C)C(=O)Nc1ncc(C(C)CCCC(C)(C)O)s1. The number of hydrogen-bond donors (Lipinski definition) is 3. The number of nitrogens with zero attached hydrogens (tertiary/aromatic N) is 1. The summed E-state index contributed by atoms with van der Waals surface area (Å²) in [7, 11) is 0. The first kappa shape index (κ1) is 25.4. The van der Waals surface area contributed by atoms with Gasteiger partial charge in [0.1, 0.15) is 11.6 Å². The number of alkyl carbamates (subject to hydrolysis) is 1. The second-order valence-corrected chi connectivity index (χ2v) is 10.2. The van der Waals surface area contributed by atoms with Gasteiger partial charge in [0.2, 0.25) is 5.91 Å². The number of ether oxygens (including phenoxy) is 1. The Bertz CT molecular complexity index is 662. The summed E-state index contributed by atoms with van der Waals surface area (Å²) in [5, 5.41) is 15.8. The van der Waals surface area contributed by atoms with E-state index in [-0.39, 0.29) is 5.91 Å². The van der Waals surface area contributed by atoms with Crippen molar-refractivity contribution in [1.82, 2.24) is 10.3 Å². The van der Waals surface area contributed by atoms with Crippen LogP contribution in [-0.4, -0.2) is 39.3 Å². The number of hydrogen-bond acceptors (Lipinski definition) is 6. The molecule has 0 aliphatic carbocycles. The highest BCUT2D eigenvalue weighted by Gasteiger charge is 2.24. The fourth-order valence-corrected chi connectivity index (χ4v) is 3.66. The average Bonchev–Trinajstić information content (AvgIpc) is 3.00. The fourth-order valence-electron chi connectivity index (χ4n) is 2.76. The minimum atomic E-state index is -0.675. The van der Waals surface area contributed by atoms with Gasteiger partial charge in [0.25, 0.3) is 0 Å². The van der Waals surface area contributed by atoms with E-state index in [0.29, 0.717) is 17.5 Å². The van der Waals surface area contributed by atoms with Crippen molar-refractivity contribution in [3.8, 4) is 0 Å². The molecular weight excluding hydrogens is 390 g/mol. The lowest BCUT2D eigenvalue weighted by molar-refractivity contribution is -0.118. The highest BCUT2D eigenvalue weighted by atomic mass is 32.1. The quantitative estimate of drug-likeness (QED) is 0.497. The van der Waals surface area contributed by atoms with Crippen LogP contribution in [0.25, 0.3) is 0 Å². The van der Waals surface area contributed by atoms with Gasteiger partial charge in [0.15, 0.2) is 5.13 Å². The zero-order chi connectivity index (χ0) is 22.2. The van der Waals surface area contributed by atoms with E-state index in [1.165, 1.54) is 11.3 Å². The Morgan fingerprint density at radius 3 is 2.45 bits per heavy atom. The number of rotatable bonds is 10. The zero-order valence-electron chi connectivity index (χ0n) is 18.8. The van der Waals surface area contributed by atoms with Crippen LogP contribution < -0.4 is 10.6 Å². The van der Waals surface area contributed by atoms with Crippen molar-refractivity contribution < 1.29 is 19.4 Å². The Labute approximate surface area is 178 Å². The molecule has 0 saturated heterocycles. The molecule has 0 saturated carbocycles. The lowest BCUT2D eigenvalue weighted by Crippen LogP contribution is -2.45. The summed E-state index contributed by atoms with van der Waals surface area (Å²) in [6, 6.07) is -0.675. The monoisotopic (exact) mass is 427 g/mol. The number of aromatic nitrogens is 1. The predicted molar refractivity (Wildman–Crippen MR) is 117 cm³/mol. The summed E-state index contributed by atoms with van der Waals surface area (Å²) < 4.78 is 5.25. The number of nitrogens with one attached hydrogen (secondary N) is 2. The maximum atomic E-state index is 12.6. The van der Waals surface area contributed by atoms with Crippen molar-refractivity contribution in [2.75, 3.05) is 5.32 Å². The van der Waals surface area contributed by atoms with Gasteiger partial charge in [-0.25, -0.2) is 9.78 Å². The van der Waals surface area contributed by atoms with Gasteiger partial charge < -0.3 is 20.5 Å². The van der Waals surface area contributed by atoms with Crippen molar-refractivity contribution in [1.29, 1.82) is 0 Å². The van der Waals surface area contributed by atoms with Gasteiger partial charge in [-0.3, -0.25) is 4.79 Å². The number of anilines is 1. The summed E-state index contributed by atoms with van der Waals surface area (Å²) in [6.07, 6.45) is 5.04. The van der Waals surface area contributed by atoms with Crippen LogP contribution >= 0.6 is 11.3 Å². The molecule has 0 fully saturated rings. The van der Waals surface area contributed by atoms with E-state index in [1.807, 2.05) is 20.8 Å². The summed E-state index contributed by atoms with van der Waals surface area (Å²) in [6.45, 7) is 13.0. The molecule has 0 aliphatic rings. The molecule has 0 aromatic carbocycles. The highest BCUT2D eigenvalue weighted by molar-refractivity contribution is 7.15. The highest BCUT2D eigenvalue weighted by Crippen LogP contribution is 2.30. The Balaban J connectivity index is 2.63. The Morgan fingerprint density at radius 1 is 1.24 bits per heavy atom. The van der Waals surface area contributed by atoms with E-state index in [2.05, 4.69) is 22.5 Å². The normalized spacial score (nSPS) is 14.2. The molecule has 0 bridgehead atoms.